The zero-order valence-corrected chi connectivity index (χ0v) is 14.0. The van der Waals surface area contributed by atoms with Gasteiger partial charge < -0.3 is 5.32 Å². The lowest BCUT2D eigenvalue weighted by Crippen LogP contribution is -2.18. The molecular formula is C15H20N2O2S2. The van der Waals surface area contributed by atoms with Crippen LogP contribution in [-0.2, 0) is 16.6 Å². The number of nitrogens with one attached hydrogen (secondary N) is 1. The molecule has 0 aliphatic carbocycles. The predicted molar refractivity (Wildman–Crippen MR) is 86.9 cm³/mol. The van der Waals surface area contributed by atoms with Crippen LogP contribution in [0.15, 0.2) is 35.2 Å². The fourth-order valence-electron chi connectivity index (χ4n) is 2.19. The first-order chi connectivity index (χ1) is 9.77. The molecular weight excluding hydrogens is 304 g/mol. The molecule has 3 N–H and O–H groups in total. The van der Waals surface area contributed by atoms with Crippen LogP contribution in [0.5, 0.6) is 0 Å². The van der Waals surface area contributed by atoms with Crippen molar-refractivity contribution in [3.63, 3.8) is 0 Å². The standard InChI is InChI=1S/C15H20N2O2S2/c1-10-8-14(12(3)20-10)9-17-11(2)13-4-6-15(7-5-13)21(16,18)19/h4-8,11,17H,9H2,1-3H3,(H2,16,18,19). The molecule has 1 unspecified atom stereocenters. The minimum absolute atomic E-state index is 0.138. The summed E-state index contributed by atoms with van der Waals surface area (Å²) in [6, 6.07) is 9.01. The van der Waals surface area contributed by atoms with Crippen LogP contribution in [-0.4, -0.2) is 8.42 Å². The molecule has 0 saturated heterocycles. The molecule has 1 aromatic heterocycles. The number of rotatable bonds is 5. The molecule has 21 heavy (non-hydrogen) atoms. The molecule has 1 heterocycles. The Hall–Kier alpha value is -1.21. The highest BCUT2D eigenvalue weighted by molar-refractivity contribution is 7.89. The minimum Gasteiger partial charge on any atom is -0.306 e. The average molecular weight is 324 g/mol. The van der Waals surface area contributed by atoms with Gasteiger partial charge in [0.2, 0.25) is 10.0 Å². The fraction of sp³-hybridized carbons (Fsp3) is 0.333. The maximum atomic E-state index is 11.2. The molecule has 2 aromatic rings. The van der Waals surface area contributed by atoms with E-state index >= 15 is 0 Å². The first-order valence-corrected chi connectivity index (χ1v) is 9.05. The van der Waals surface area contributed by atoms with E-state index in [0.29, 0.717) is 0 Å². The van der Waals surface area contributed by atoms with Gasteiger partial charge in [-0.3, -0.25) is 0 Å². The molecule has 0 spiro atoms. The Labute approximate surface area is 130 Å². The van der Waals surface area contributed by atoms with Crippen molar-refractivity contribution in [2.75, 3.05) is 0 Å². The lowest BCUT2D eigenvalue weighted by molar-refractivity contribution is 0.573. The van der Waals surface area contributed by atoms with Gasteiger partial charge in [-0.05, 0) is 50.1 Å². The van der Waals surface area contributed by atoms with Gasteiger partial charge in [0.15, 0.2) is 0 Å². The number of thiophene rings is 1. The molecule has 2 rings (SSSR count). The second-order valence-corrected chi connectivity index (χ2v) is 8.18. The highest BCUT2D eigenvalue weighted by Crippen LogP contribution is 2.22. The first kappa shape index (κ1) is 16.2. The number of primary sulfonamides is 1. The van der Waals surface area contributed by atoms with Gasteiger partial charge in [0.25, 0.3) is 0 Å². The zero-order chi connectivity index (χ0) is 15.6. The first-order valence-electron chi connectivity index (χ1n) is 6.69. The monoisotopic (exact) mass is 324 g/mol. The van der Waals surface area contributed by atoms with Gasteiger partial charge in [-0.2, -0.15) is 0 Å². The quantitative estimate of drug-likeness (QED) is 0.888. The van der Waals surface area contributed by atoms with Crippen molar-refractivity contribution in [1.82, 2.24) is 5.32 Å². The minimum atomic E-state index is -3.62. The second kappa shape index (κ2) is 6.27. The van der Waals surface area contributed by atoms with Crippen molar-refractivity contribution in [3.05, 3.63) is 51.2 Å². The normalized spacial score (nSPS) is 13.3. The van der Waals surface area contributed by atoms with Crippen LogP contribution in [0.25, 0.3) is 0 Å². The predicted octanol–water partition coefficient (Wildman–Crippen LogP) is 2.86. The average Bonchev–Trinajstić information content (AvgIpc) is 2.73. The van der Waals surface area contributed by atoms with E-state index in [1.165, 1.54) is 15.3 Å². The summed E-state index contributed by atoms with van der Waals surface area (Å²) in [4.78, 5) is 2.79. The van der Waals surface area contributed by atoms with Gasteiger partial charge in [0, 0.05) is 22.3 Å². The van der Waals surface area contributed by atoms with Crippen molar-refractivity contribution in [2.45, 2.75) is 38.3 Å². The van der Waals surface area contributed by atoms with Gasteiger partial charge in [-0.15, -0.1) is 11.3 Å². The summed E-state index contributed by atoms with van der Waals surface area (Å²) in [5.74, 6) is 0. The van der Waals surface area contributed by atoms with Gasteiger partial charge in [0.05, 0.1) is 4.90 Å². The summed E-state index contributed by atoms with van der Waals surface area (Å²) in [5, 5.41) is 8.55. The van der Waals surface area contributed by atoms with Crippen molar-refractivity contribution in [3.8, 4) is 0 Å². The second-order valence-electron chi connectivity index (χ2n) is 5.16. The van der Waals surface area contributed by atoms with Crippen LogP contribution in [0.4, 0.5) is 0 Å². The van der Waals surface area contributed by atoms with Crippen LogP contribution in [0.3, 0.4) is 0 Å². The van der Waals surface area contributed by atoms with E-state index in [0.717, 1.165) is 12.1 Å². The van der Waals surface area contributed by atoms with Crippen LogP contribution < -0.4 is 10.5 Å². The van der Waals surface area contributed by atoms with Crippen LogP contribution in [0, 0.1) is 13.8 Å². The summed E-state index contributed by atoms with van der Waals surface area (Å²) in [7, 11) is -3.62. The molecule has 0 aliphatic heterocycles. The molecule has 0 bridgehead atoms. The van der Waals surface area contributed by atoms with E-state index in [4.69, 9.17) is 5.14 Å². The third-order valence-corrected chi connectivity index (χ3v) is 5.39. The van der Waals surface area contributed by atoms with E-state index in [9.17, 15) is 8.42 Å². The van der Waals surface area contributed by atoms with E-state index in [1.54, 1.807) is 35.6 Å². The summed E-state index contributed by atoms with van der Waals surface area (Å²) in [5.41, 5.74) is 2.34. The molecule has 1 atom stereocenters. The largest absolute Gasteiger partial charge is 0.306 e. The topological polar surface area (TPSA) is 72.2 Å². The number of sulfonamides is 1. The molecule has 0 aliphatic rings. The third kappa shape index (κ3) is 4.14. The Morgan fingerprint density at radius 3 is 2.33 bits per heavy atom. The maximum absolute atomic E-state index is 11.2. The Morgan fingerprint density at radius 2 is 1.86 bits per heavy atom. The lowest BCUT2D eigenvalue weighted by atomic mass is 10.1. The maximum Gasteiger partial charge on any atom is 0.238 e. The van der Waals surface area contributed by atoms with Gasteiger partial charge in [-0.25, -0.2) is 13.6 Å². The molecule has 0 amide bonds. The SMILES string of the molecule is Cc1cc(CNC(C)c2ccc(S(N)(=O)=O)cc2)c(C)s1. The lowest BCUT2D eigenvalue weighted by Gasteiger charge is -2.14. The smallest absolute Gasteiger partial charge is 0.238 e. The molecule has 1 aromatic carbocycles. The van der Waals surface area contributed by atoms with Crippen molar-refractivity contribution in [1.29, 1.82) is 0 Å². The van der Waals surface area contributed by atoms with Gasteiger partial charge in [0.1, 0.15) is 0 Å². The van der Waals surface area contributed by atoms with Crippen LogP contribution >= 0.6 is 11.3 Å². The molecule has 4 nitrogen and oxygen atoms in total. The van der Waals surface area contributed by atoms with Crippen molar-refractivity contribution < 1.29 is 8.42 Å². The van der Waals surface area contributed by atoms with E-state index < -0.39 is 10.0 Å². The van der Waals surface area contributed by atoms with E-state index in [-0.39, 0.29) is 10.9 Å². The van der Waals surface area contributed by atoms with E-state index in [2.05, 4.69) is 32.2 Å². The number of hydrogen-bond donors (Lipinski definition) is 2. The van der Waals surface area contributed by atoms with Crippen LogP contribution in [0.1, 0.15) is 33.8 Å². The Kier molecular flexibility index (Phi) is 4.83. The summed E-state index contributed by atoms with van der Waals surface area (Å²) in [6.07, 6.45) is 0. The molecule has 0 fully saturated rings. The molecule has 0 radical (unpaired) electrons. The summed E-state index contributed by atoms with van der Waals surface area (Å²) in [6.45, 7) is 7.09. The summed E-state index contributed by atoms with van der Waals surface area (Å²) < 4.78 is 22.5. The highest BCUT2D eigenvalue weighted by atomic mass is 32.2. The summed E-state index contributed by atoms with van der Waals surface area (Å²) >= 11 is 1.80. The fourth-order valence-corrected chi connectivity index (χ4v) is 3.65. The number of benzene rings is 1. The number of nitrogens with two attached hydrogens (primary N) is 1. The number of hydrogen-bond acceptors (Lipinski definition) is 4. The third-order valence-electron chi connectivity index (χ3n) is 3.45. The van der Waals surface area contributed by atoms with Crippen molar-refractivity contribution in [2.24, 2.45) is 5.14 Å². The van der Waals surface area contributed by atoms with Gasteiger partial charge >= 0.3 is 0 Å². The highest BCUT2D eigenvalue weighted by Gasteiger charge is 2.10. The molecule has 0 saturated carbocycles. The Morgan fingerprint density at radius 1 is 1.24 bits per heavy atom. The van der Waals surface area contributed by atoms with E-state index in [1.807, 2.05) is 0 Å². The Balaban J connectivity index is 2.03. The number of aryl methyl sites for hydroxylation is 2. The van der Waals surface area contributed by atoms with Crippen molar-refractivity contribution >= 4 is 21.4 Å². The van der Waals surface area contributed by atoms with Crippen LogP contribution in [0.2, 0.25) is 0 Å². The molecule has 114 valence electrons. The molecule has 6 heteroatoms. The van der Waals surface area contributed by atoms with Gasteiger partial charge in [-0.1, -0.05) is 12.1 Å². The Bertz CT molecular complexity index is 719. The zero-order valence-electron chi connectivity index (χ0n) is 12.4.